The van der Waals surface area contributed by atoms with Gasteiger partial charge in [-0.3, -0.25) is 10.1 Å². The molecule has 0 aliphatic carbocycles. The molecule has 2 aromatic rings. The lowest BCUT2D eigenvalue weighted by molar-refractivity contribution is -0.384. The van der Waals surface area contributed by atoms with Crippen LogP contribution in [0.3, 0.4) is 0 Å². The fourth-order valence-electron chi connectivity index (χ4n) is 3.00. The van der Waals surface area contributed by atoms with Gasteiger partial charge in [0.2, 0.25) is 0 Å². The van der Waals surface area contributed by atoms with Crippen molar-refractivity contribution < 1.29 is 14.5 Å². The third kappa shape index (κ3) is 3.54. The molecule has 9 nitrogen and oxygen atoms in total. The van der Waals surface area contributed by atoms with Crippen molar-refractivity contribution in [3.05, 3.63) is 46.5 Å². The minimum atomic E-state index is -0.508. The monoisotopic (exact) mass is 345 g/mol. The number of amides is 2. The first-order valence-electron chi connectivity index (χ1n) is 7.99. The number of methoxy groups -OCH3 is 1. The number of non-ortho nitro benzene ring substituents is 1. The molecule has 0 saturated carbocycles. The minimum absolute atomic E-state index is 0.0960. The SMILES string of the molecule is COc1cc([N+](=O)[O-])ccc1NC(=O)N1CCCC[C@@H]1c1ncc[nH]1. The molecule has 1 aromatic carbocycles. The first-order chi connectivity index (χ1) is 12.1. The summed E-state index contributed by atoms with van der Waals surface area (Å²) >= 11 is 0. The molecule has 1 aliphatic heterocycles. The minimum Gasteiger partial charge on any atom is -0.494 e. The smallest absolute Gasteiger partial charge is 0.322 e. The molecule has 0 spiro atoms. The molecule has 2 heterocycles. The van der Waals surface area contributed by atoms with E-state index in [1.165, 1.54) is 25.3 Å². The molecular weight excluding hydrogens is 326 g/mol. The summed E-state index contributed by atoms with van der Waals surface area (Å²) in [7, 11) is 1.40. The number of H-pyrrole nitrogens is 1. The van der Waals surface area contributed by atoms with E-state index in [2.05, 4.69) is 15.3 Å². The average molecular weight is 345 g/mol. The van der Waals surface area contributed by atoms with Crippen molar-refractivity contribution in [1.29, 1.82) is 0 Å². The van der Waals surface area contributed by atoms with Gasteiger partial charge in [0.1, 0.15) is 11.6 Å². The molecule has 1 atom stereocenters. The van der Waals surface area contributed by atoms with Crippen LogP contribution in [0.4, 0.5) is 16.2 Å². The van der Waals surface area contributed by atoms with Crippen LogP contribution in [0.5, 0.6) is 5.75 Å². The number of aromatic amines is 1. The molecule has 3 rings (SSSR count). The number of urea groups is 1. The fourth-order valence-corrected chi connectivity index (χ4v) is 3.00. The number of imidazole rings is 1. The highest BCUT2D eigenvalue weighted by Crippen LogP contribution is 2.32. The van der Waals surface area contributed by atoms with Crippen molar-refractivity contribution in [2.24, 2.45) is 0 Å². The lowest BCUT2D eigenvalue weighted by atomic mass is 10.0. The van der Waals surface area contributed by atoms with E-state index < -0.39 is 4.92 Å². The summed E-state index contributed by atoms with van der Waals surface area (Å²) in [6.07, 6.45) is 6.18. The topological polar surface area (TPSA) is 113 Å². The number of nitrogens with one attached hydrogen (secondary N) is 2. The second-order valence-electron chi connectivity index (χ2n) is 5.75. The number of ether oxygens (including phenoxy) is 1. The van der Waals surface area contributed by atoms with E-state index in [1.54, 1.807) is 17.3 Å². The number of benzene rings is 1. The van der Waals surface area contributed by atoms with Gasteiger partial charge in [-0.05, 0) is 25.3 Å². The van der Waals surface area contributed by atoms with Crippen molar-refractivity contribution in [2.75, 3.05) is 19.0 Å². The molecule has 132 valence electrons. The zero-order valence-electron chi connectivity index (χ0n) is 13.8. The Labute approximate surface area is 144 Å². The number of anilines is 1. The van der Waals surface area contributed by atoms with E-state index in [9.17, 15) is 14.9 Å². The quantitative estimate of drug-likeness (QED) is 0.653. The fraction of sp³-hybridized carbons (Fsp3) is 0.375. The number of carbonyl (C=O) groups is 1. The molecule has 0 radical (unpaired) electrons. The van der Waals surface area contributed by atoms with Gasteiger partial charge in [-0.25, -0.2) is 9.78 Å². The highest BCUT2D eigenvalue weighted by atomic mass is 16.6. The van der Waals surface area contributed by atoms with Gasteiger partial charge in [0.25, 0.3) is 5.69 Å². The normalized spacial score (nSPS) is 17.2. The lowest BCUT2D eigenvalue weighted by Gasteiger charge is -2.34. The third-order valence-electron chi connectivity index (χ3n) is 4.24. The highest BCUT2D eigenvalue weighted by Gasteiger charge is 2.30. The van der Waals surface area contributed by atoms with E-state index in [4.69, 9.17) is 4.74 Å². The van der Waals surface area contributed by atoms with Crippen LogP contribution in [0.1, 0.15) is 31.1 Å². The zero-order valence-corrected chi connectivity index (χ0v) is 13.8. The summed E-state index contributed by atoms with van der Waals surface area (Å²) in [6, 6.07) is 3.69. The maximum Gasteiger partial charge on any atom is 0.322 e. The average Bonchev–Trinajstić information content (AvgIpc) is 3.16. The predicted molar refractivity (Wildman–Crippen MR) is 90.6 cm³/mol. The standard InChI is InChI=1S/C16H19N5O4/c1-25-14-10-11(21(23)24)5-6-12(14)19-16(22)20-9-3-2-4-13(20)15-17-7-8-18-15/h5-8,10,13H,2-4,9H2,1H3,(H,17,18)(H,19,22)/t13-/m1/s1. The van der Waals surface area contributed by atoms with Gasteiger partial charge in [-0.2, -0.15) is 0 Å². The largest absolute Gasteiger partial charge is 0.494 e. The number of aromatic nitrogens is 2. The van der Waals surface area contributed by atoms with Crippen molar-refractivity contribution in [3.8, 4) is 5.75 Å². The van der Waals surface area contributed by atoms with Gasteiger partial charge >= 0.3 is 6.03 Å². The molecule has 2 N–H and O–H groups in total. The van der Waals surface area contributed by atoms with Crippen LogP contribution in [0.2, 0.25) is 0 Å². The number of nitro benzene ring substituents is 1. The van der Waals surface area contributed by atoms with Crippen molar-refractivity contribution in [1.82, 2.24) is 14.9 Å². The summed E-state index contributed by atoms with van der Waals surface area (Å²) in [5.41, 5.74) is 0.295. The number of carbonyl (C=O) groups excluding carboxylic acids is 1. The lowest BCUT2D eigenvalue weighted by Crippen LogP contribution is -2.41. The number of nitro groups is 1. The molecule has 1 saturated heterocycles. The van der Waals surface area contributed by atoms with Crippen LogP contribution in [-0.2, 0) is 0 Å². The highest BCUT2D eigenvalue weighted by molar-refractivity contribution is 5.91. The van der Waals surface area contributed by atoms with Crippen LogP contribution in [0, 0.1) is 10.1 Å². The summed E-state index contributed by atoms with van der Waals surface area (Å²) in [5.74, 6) is 1.000. The Hall–Kier alpha value is -3.10. The number of piperidine rings is 1. The zero-order chi connectivity index (χ0) is 17.8. The molecule has 1 aliphatic rings. The molecule has 2 amide bonds. The maximum absolute atomic E-state index is 12.7. The van der Waals surface area contributed by atoms with E-state index in [-0.39, 0.29) is 23.5 Å². The molecule has 1 aromatic heterocycles. The Bertz CT molecular complexity index is 762. The van der Waals surface area contributed by atoms with Crippen LogP contribution < -0.4 is 10.1 Å². The van der Waals surface area contributed by atoms with Gasteiger partial charge < -0.3 is 19.9 Å². The molecule has 1 fully saturated rings. The number of hydrogen-bond donors (Lipinski definition) is 2. The number of rotatable bonds is 4. The Morgan fingerprint density at radius 3 is 3.00 bits per heavy atom. The number of nitrogens with zero attached hydrogens (tertiary/aromatic N) is 3. The molecule has 0 unspecified atom stereocenters. The van der Waals surface area contributed by atoms with Gasteiger partial charge in [0.15, 0.2) is 0 Å². The molecule has 0 bridgehead atoms. The van der Waals surface area contributed by atoms with Gasteiger partial charge in [0, 0.05) is 25.0 Å². The second-order valence-corrected chi connectivity index (χ2v) is 5.75. The van der Waals surface area contributed by atoms with Crippen LogP contribution >= 0.6 is 0 Å². The maximum atomic E-state index is 12.7. The summed E-state index contributed by atoms with van der Waals surface area (Å²) < 4.78 is 5.17. The van der Waals surface area contributed by atoms with Gasteiger partial charge in [-0.15, -0.1) is 0 Å². The van der Waals surface area contributed by atoms with Crippen molar-refractivity contribution in [2.45, 2.75) is 25.3 Å². The van der Waals surface area contributed by atoms with Gasteiger partial charge in [-0.1, -0.05) is 0 Å². The molecule has 25 heavy (non-hydrogen) atoms. The first-order valence-corrected chi connectivity index (χ1v) is 7.99. The van der Waals surface area contributed by atoms with Crippen LogP contribution in [0.15, 0.2) is 30.6 Å². The summed E-state index contributed by atoms with van der Waals surface area (Å²) in [5, 5.41) is 13.7. The predicted octanol–water partition coefficient (Wildman–Crippen LogP) is 3.09. The van der Waals surface area contributed by atoms with Crippen molar-refractivity contribution in [3.63, 3.8) is 0 Å². The summed E-state index contributed by atoms with van der Waals surface area (Å²) in [4.78, 5) is 32.2. The van der Waals surface area contributed by atoms with Crippen LogP contribution in [-0.4, -0.2) is 39.5 Å². The van der Waals surface area contributed by atoms with Crippen LogP contribution in [0.25, 0.3) is 0 Å². The van der Waals surface area contributed by atoms with E-state index >= 15 is 0 Å². The Kier molecular flexibility index (Phi) is 4.82. The summed E-state index contributed by atoms with van der Waals surface area (Å²) in [6.45, 7) is 0.618. The van der Waals surface area contributed by atoms with E-state index in [1.807, 2.05) is 0 Å². The van der Waals surface area contributed by atoms with Crippen molar-refractivity contribution >= 4 is 17.4 Å². The Balaban J connectivity index is 1.80. The Morgan fingerprint density at radius 1 is 1.48 bits per heavy atom. The number of likely N-dealkylation sites (tertiary alicyclic amines) is 1. The van der Waals surface area contributed by atoms with E-state index in [0.29, 0.717) is 12.2 Å². The third-order valence-corrected chi connectivity index (χ3v) is 4.24. The van der Waals surface area contributed by atoms with E-state index in [0.717, 1.165) is 25.1 Å². The molecular formula is C16H19N5O4. The molecule has 9 heteroatoms. The van der Waals surface area contributed by atoms with Gasteiger partial charge in [0.05, 0.1) is 29.8 Å². The first kappa shape index (κ1) is 16.7. The number of hydrogen-bond acceptors (Lipinski definition) is 5. The Morgan fingerprint density at radius 2 is 2.32 bits per heavy atom. The second kappa shape index (κ2) is 7.20.